The number of fused-ring (bicyclic) bond motifs is 1. The molecule has 0 spiro atoms. The van der Waals surface area contributed by atoms with Crippen molar-refractivity contribution in [1.29, 1.82) is 0 Å². The molecule has 8 heteroatoms. The van der Waals surface area contributed by atoms with Crippen LogP contribution in [0.2, 0.25) is 5.02 Å². The highest BCUT2D eigenvalue weighted by molar-refractivity contribution is 7.89. The van der Waals surface area contributed by atoms with Crippen molar-refractivity contribution in [3.05, 3.63) is 29.3 Å². The van der Waals surface area contributed by atoms with Gasteiger partial charge in [-0.15, -0.1) is 0 Å². The third-order valence-electron chi connectivity index (χ3n) is 3.82. The first-order valence-corrected chi connectivity index (χ1v) is 8.22. The Morgan fingerprint density at radius 2 is 1.90 bits per heavy atom. The van der Waals surface area contributed by atoms with Gasteiger partial charge in [-0.3, -0.25) is 9.59 Å². The number of benzene rings is 1. The normalized spacial score (nSPS) is 26.5. The summed E-state index contributed by atoms with van der Waals surface area (Å²) in [5.41, 5.74) is 0. The zero-order valence-corrected chi connectivity index (χ0v) is 12.4. The summed E-state index contributed by atoms with van der Waals surface area (Å²) in [7, 11) is -3.73. The second-order valence-corrected chi connectivity index (χ2v) is 7.44. The number of piperidine rings is 1. The van der Waals surface area contributed by atoms with E-state index in [1.807, 2.05) is 0 Å². The molecule has 2 fully saturated rings. The number of carbonyl (C=O) groups is 2. The summed E-state index contributed by atoms with van der Waals surface area (Å²) in [6.07, 6.45) is 0.287. The highest BCUT2D eigenvalue weighted by atomic mass is 35.5. The van der Waals surface area contributed by atoms with E-state index in [0.717, 1.165) is 0 Å². The Bertz CT molecular complexity index is 717. The Balaban J connectivity index is 1.88. The molecule has 1 aromatic rings. The summed E-state index contributed by atoms with van der Waals surface area (Å²) in [5.74, 6) is -2.43. The fourth-order valence-corrected chi connectivity index (χ4v) is 4.47. The maximum atomic E-state index is 12.5. The number of hydrogen-bond donors (Lipinski definition) is 0. The fourth-order valence-electron chi connectivity index (χ4n) is 2.69. The minimum Gasteiger partial charge on any atom is -0.393 e. The van der Waals surface area contributed by atoms with E-state index in [1.165, 1.54) is 16.4 Å². The minimum absolute atomic E-state index is 0.0376. The SMILES string of the molecule is O=C1OC(=O)C2CN(S(=O)(=O)c3cccc(Cl)c3)CCC12. The third kappa shape index (κ3) is 2.45. The molecule has 112 valence electrons. The van der Waals surface area contributed by atoms with Gasteiger partial charge < -0.3 is 4.74 Å². The zero-order chi connectivity index (χ0) is 15.2. The molecule has 0 amide bonds. The van der Waals surface area contributed by atoms with E-state index < -0.39 is 33.8 Å². The van der Waals surface area contributed by atoms with E-state index in [4.69, 9.17) is 11.6 Å². The van der Waals surface area contributed by atoms with Gasteiger partial charge in [0, 0.05) is 18.1 Å². The van der Waals surface area contributed by atoms with E-state index >= 15 is 0 Å². The number of nitrogens with zero attached hydrogens (tertiary/aromatic N) is 1. The van der Waals surface area contributed by atoms with Crippen LogP contribution in [0.1, 0.15) is 6.42 Å². The summed E-state index contributed by atoms with van der Waals surface area (Å²) in [6, 6.07) is 5.95. The molecule has 2 aliphatic rings. The molecule has 0 saturated carbocycles. The molecule has 21 heavy (non-hydrogen) atoms. The average Bonchev–Trinajstić information content (AvgIpc) is 2.74. The van der Waals surface area contributed by atoms with Gasteiger partial charge in [-0.2, -0.15) is 4.31 Å². The maximum Gasteiger partial charge on any atom is 0.318 e. The van der Waals surface area contributed by atoms with Crippen LogP contribution in [0, 0.1) is 11.8 Å². The average molecular weight is 330 g/mol. The van der Waals surface area contributed by atoms with Gasteiger partial charge >= 0.3 is 11.9 Å². The lowest BCUT2D eigenvalue weighted by atomic mass is 9.89. The van der Waals surface area contributed by atoms with E-state index in [1.54, 1.807) is 12.1 Å². The second kappa shape index (κ2) is 5.08. The predicted octanol–water partition coefficient (Wildman–Crippen LogP) is 1.05. The van der Waals surface area contributed by atoms with E-state index in [2.05, 4.69) is 4.74 Å². The Labute approximate surface area is 126 Å². The number of hydrogen-bond acceptors (Lipinski definition) is 5. The molecule has 3 rings (SSSR count). The van der Waals surface area contributed by atoms with Gasteiger partial charge in [0.15, 0.2) is 0 Å². The van der Waals surface area contributed by atoms with Crippen LogP contribution >= 0.6 is 11.6 Å². The van der Waals surface area contributed by atoms with Crippen molar-refractivity contribution in [2.45, 2.75) is 11.3 Å². The Kier molecular flexibility index (Phi) is 3.51. The first kappa shape index (κ1) is 14.5. The molecule has 0 radical (unpaired) electrons. The molecule has 1 aromatic carbocycles. The lowest BCUT2D eigenvalue weighted by molar-refractivity contribution is -0.153. The van der Waals surface area contributed by atoms with Crippen LogP contribution < -0.4 is 0 Å². The number of carbonyl (C=O) groups excluding carboxylic acids is 2. The number of halogens is 1. The highest BCUT2D eigenvalue weighted by Crippen LogP contribution is 2.34. The molecule has 0 bridgehead atoms. The fraction of sp³-hybridized carbons (Fsp3) is 0.385. The monoisotopic (exact) mass is 329 g/mol. The standard InChI is InChI=1S/C13H12ClNO5S/c14-8-2-1-3-9(6-8)21(18,19)15-5-4-10-11(7-15)13(17)20-12(10)16/h1-3,6,10-11H,4-5,7H2. The van der Waals surface area contributed by atoms with Gasteiger partial charge in [-0.25, -0.2) is 8.42 Å². The van der Waals surface area contributed by atoms with Gasteiger partial charge in [0.1, 0.15) is 0 Å². The number of esters is 2. The van der Waals surface area contributed by atoms with Crippen molar-refractivity contribution < 1.29 is 22.7 Å². The number of sulfonamides is 1. The highest BCUT2D eigenvalue weighted by Gasteiger charge is 2.49. The number of rotatable bonds is 2. The van der Waals surface area contributed by atoms with Crippen molar-refractivity contribution in [2.24, 2.45) is 11.8 Å². The number of cyclic esters (lactones) is 2. The largest absolute Gasteiger partial charge is 0.393 e. The van der Waals surface area contributed by atoms with Gasteiger partial charge in [0.05, 0.1) is 16.7 Å². The molecule has 2 saturated heterocycles. The lowest BCUT2D eigenvalue weighted by Crippen LogP contribution is -2.44. The molecule has 0 aromatic heterocycles. The Morgan fingerprint density at radius 1 is 1.19 bits per heavy atom. The van der Waals surface area contributed by atoms with Crippen molar-refractivity contribution in [1.82, 2.24) is 4.31 Å². The van der Waals surface area contributed by atoms with Crippen LogP contribution in [-0.4, -0.2) is 37.8 Å². The van der Waals surface area contributed by atoms with Crippen LogP contribution in [0.4, 0.5) is 0 Å². The first-order chi connectivity index (χ1) is 9.89. The summed E-state index contributed by atoms with van der Waals surface area (Å²) in [6.45, 7) is 0.141. The summed E-state index contributed by atoms with van der Waals surface area (Å²) >= 11 is 5.82. The maximum absolute atomic E-state index is 12.5. The van der Waals surface area contributed by atoms with Crippen LogP contribution in [0.25, 0.3) is 0 Å². The van der Waals surface area contributed by atoms with Crippen LogP contribution in [0.15, 0.2) is 29.2 Å². The smallest absolute Gasteiger partial charge is 0.318 e. The Morgan fingerprint density at radius 3 is 2.62 bits per heavy atom. The van der Waals surface area contributed by atoms with Gasteiger partial charge in [-0.05, 0) is 24.6 Å². The van der Waals surface area contributed by atoms with E-state index in [9.17, 15) is 18.0 Å². The van der Waals surface area contributed by atoms with Crippen LogP contribution in [0.3, 0.4) is 0 Å². The van der Waals surface area contributed by atoms with Crippen molar-refractivity contribution in [2.75, 3.05) is 13.1 Å². The van der Waals surface area contributed by atoms with Crippen molar-refractivity contribution in [3.63, 3.8) is 0 Å². The van der Waals surface area contributed by atoms with Crippen LogP contribution in [-0.2, 0) is 24.3 Å². The molecule has 0 aliphatic carbocycles. The molecule has 2 heterocycles. The van der Waals surface area contributed by atoms with Crippen molar-refractivity contribution >= 4 is 33.6 Å². The van der Waals surface area contributed by atoms with Gasteiger partial charge in [0.2, 0.25) is 10.0 Å². The molecule has 2 unspecified atom stereocenters. The summed E-state index contributed by atoms with van der Waals surface area (Å²) < 4.78 is 30.9. The van der Waals surface area contributed by atoms with E-state index in [-0.39, 0.29) is 24.4 Å². The summed E-state index contributed by atoms with van der Waals surface area (Å²) in [4.78, 5) is 23.1. The van der Waals surface area contributed by atoms with E-state index in [0.29, 0.717) is 5.02 Å². The quantitative estimate of drug-likeness (QED) is 0.598. The first-order valence-electron chi connectivity index (χ1n) is 6.41. The Hall–Kier alpha value is -1.44. The molecule has 2 atom stereocenters. The molecule has 6 nitrogen and oxygen atoms in total. The predicted molar refractivity (Wildman–Crippen MR) is 72.9 cm³/mol. The minimum atomic E-state index is -3.73. The molecule has 0 N–H and O–H groups in total. The molecular formula is C13H12ClNO5S. The second-order valence-electron chi connectivity index (χ2n) is 5.06. The van der Waals surface area contributed by atoms with Crippen molar-refractivity contribution in [3.8, 4) is 0 Å². The third-order valence-corrected chi connectivity index (χ3v) is 5.91. The molecular weight excluding hydrogens is 318 g/mol. The summed E-state index contributed by atoms with van der Waals surface area (Å²) in [5, 5.41) is 0.321. The van der Waals surface area contributed by atoms with Gasteiger partial charge in [0.25, 0.3) is 0 Å². The van der Waals surface area contributed by atoms with Crippen LogP contribution in [0.5, 0.6) is 0 Å². The zero-order valence-electron chi connectivity index (χ0n) is 10.9. The molecule has 2 aliphatic heterocycles. The topological polar surface area (TPSA) is 80.8 Å². The van der Waals surface area contributed by atoms with Gasteiger partial charge in [-0.1, -0.05) is 17.7 Å². The lowest BCUT2D eigenvalue weighted by Gasteiger charge is -2.30. The number of ether oxygens (including phenoxy) is 1.